The molecular weight excluding hydrogens is 276 g/mol. The first kappa shape index (κ1) is 15.1. The molecule has 2 aliphatic heterocycles. The lowest BCUT2D eigenvalue weighted by atomic mass is 10.0. The van der Waals surface area contributed by atoms with E-state index in [1.807, 2.05) is 36.1 Å². The Kier molecular flexibility index (Phi) is 4.89. The summed E-state index contributed by atoms with van der Waals surface area (Å²) in [5, 5.41) is 3.38. The van der Waals surface area contributed by atoms with Gasteiger partial charge in [-0.15, -0.1) is 12.4 Å². The van der Waals surface area contributed by atoms with Gasteiger partial charge in [0.1, 0.15) is 5.75 Å². The standard InChI is InChI=1S/C15H20N2O2.ClH/c1-11-3-2-4-14(5-11)19-10-15(18)17-8-12-6-16-7-13(12)9-17;/h2-5,12-13,16H,6-10H2,1H3;1H/t12-,13+;. The largest absolute Gasteiger partial charge is 0.484 e. The number of aryl methyl sites for hydroxylation is 1. The number of fused-ring (bicyclic) bond motifs is 1. The fourth-order valence-corrected chi connectivity index (χ4v) is 3.00. The molecule has 110 valence electrons. The third kappa shape index (κ3) is 3.25. The van der Waals surface area contributed by atoms with E-state index < -0.39 is 0 Å². The Labute approximate surface area is 125 Å². The molecule has 1 aromatic rings. The van der Waals surface area contributed by atoms with Crippen LogP contribution in [0.3, 0.4) is 0 Å². The van der Waals surface area contributed by atoms with Gasteiger partial charge in [-0.1, -0.05) is 12.1 Å². The maximum absolute atomic E-state index is 12.1. The van der Waals surface area contributed by atoms with Crippen LogP contribution in [0.4, 0.5) is 0 Å². The van der Waals surface area contributed by atoms with Crippen molar-refractivity contribution in [1.82, 2.24) is 10.2 Å². The van der Waals surface area contributed by atoms with Crippen molar-refractivity contribution in [3.8, 4) is 5.75 Å². The summed E-state index contributed by atoms with van der Waals surface area (Å²) in [6.07, 6.45) is 0. The summed E-state index contributed by atoms with van der Waals surface area (Å²) in [6.45, 7) is 6.03. The minimum Gasteiger partial charge on any atom is -0.484 e. The number of carbonyl (C=O) groups excluding carboxylic acids is 1. The Morgan fingerprint density at radius 3 is 2.70 bits per heavy atom. The monoisotopic (exact) mass is 296 g/mol. The summed E-state index contributed by atoms with van der Waals surface area (Å²) < 4.78 is 5.58. The molecule has 0 spiro atoms. The summed E-state index contributed by atoms with van der Waals surface area (Å²) >= 11 is 0. The van der Waals surface area contributed by atoms with Crippen molar-refractivity contribution in [3.63, 3.8) is 0 Å². The molecule has 0 aromatic heterocycles. The quantitative estimate of drug-likeness (QED) is 0.918. The normalized spacial score (nSPS) is 24.1. The lowest BCUT2D eigenvalue weighted by Gasteiger charge is -2.17. The van der Waals surface area contributed by atoms with Crippen LogP contribution in [0.25, 0.3) is 0 Å². The van der Waals surface area contributed by atoms with Gasteiger partial charge in [-0.2, -0.15) is 0 Å². The van der Waals surface area contributed by atoms with Gasteiger partial charge >= 0.3 is 0 Å². The van der Waals surface area contributed by atoms with E-state index in [-0.39, 0.29) is 24.9 Å². The predicted molar refractivity (Wildman–Crippen MR) is 80.4 cm³/mol. The number of benzene rings is 1. The smallest absolute Gasteiger partial charge is 0.260 e. The lowest BCUT2D eigenvalue weighted by Crippen LogP contribution is -2.35. The molecule has 0 aliphatic carbocycles. The molecule has 3 rings (SSSR count). The molecule has 5 heteroatoms. The van der Waals surface area contributed by atoms with Gasteiger partial charge in [0.05, 0.1) is 0 Å². The highest BCUT2D eigenvalue weighted by Crippen LogP contribution is 2.26. The van der Waals surface area contributed by atoms with Crippen LogP contribution in [0.1, 0.15) is 5.56 Å². The fraction of sp³-hybridized carbons (Fsp3) is 0.533. The zero-order valence-corrected chi connectivity index (χ0v) is 12.5. The van der Waals surface area contributed by atoms with E-state index in [4.69, 9.17) is 4.74 Å². The molecular formula is C15H21ClN2O2. The SMILES string of the molecule is Cc1cccc(OCC(=O)N2C[C@H]3CNC[C@H]3C2)c1.Cl. The molecule has 2 heterocycles. The first-order chi connectivity index (χ1) is 9.22. The van der Waals surface area contributed by atoms with Gasteiger partial charge < -0.3 is 15.0 Å². The highest BCUT2D eigenvalue weighted by Gasteiger charge is 2.37. The van der Waals surface area contributed by atoms with Gasteiger partial charge in [0, 0.05) is 26.2 Å². The van der Waals surface area contributed by atoms with Crippen molar-refractivity contribution in [2.24, 2.45) is 11.8 Å². The van der Waals surface area contributed by atoms with Crippen LogP contribution in [0.15, 0.2) is 24.3 Å². The van der Waals surface area contributed by atoms with E-state index in [0.717, 1.165) is 37.5 Å². The summed E-state index contributed by atoms with van der Waals surface area (Å²) in [4.78, 5) is 14.1. The van der Waals surface area contributed by atoms with Crippen molar-refractivity contribution < 1.29 is 9.53 Å². The van der Waals surface area contributed by atoms with Crippen LogP contribution in [0.5, 0.6) is 5.75 Å². The molecule has 0 unspecified atom stereocenters. The molecule has 0 saturated carbocycles. The van der Waals surface area contributed by atoms with Gasteiger partial charge in [0.25, 0.3) is 5.91 Å². The predicted octanol–water partition coefficient (Wildman–Crippen LogP) is 1.47. The third-order valence-corrected chi connectivity index (χ3v) is 4.09. The number of rotatable bonds is 3. The summed E-state index contributed by atoms with van der Waals surface area (Å²) in [7, 11) is 0. The number of carbonyl (C=O) groups is 1. The fourth-order valence-electron chi connectivity index (χ4n) is 3.00. The summed E-state index contributed by atoms with van der Waals surface area (Å²) in [5.41, 5.74) is 1.15. The van der Waals surface area contributed by atoms with Crippen LogP contribution in [-0.4, -0.2) is 43.6 Å². The average molecular weight is 297 g/mol. The summed E-state index contributed by atoms with van der Waals surface area (Å²) in [6, 6.07) is 7.81. The van der Waals surface area contributed by atoms with Crippen molar-refractivity contribution in [1.29, 1.82) is 0 Å². The second-order valence-electron chi connectivity index (χ2n) is 5.58. The number of halogens is 1. The Hall–Kier alpha value is -1.26. The number of likely N-dealkylation sites (tertiary alicyclic amines) is 1. The number of hydrogen-bond acceptors (Lipinski definition) is 3. The van der Waals surface area contributed by atoms with Crippen molar-refractivity contribution in [2.75, 3.05) is 32.8 Å². The van der Waals surface area contributed by atoms with E-state index in [0.29, 0.717) is 11.8 Å². The molecule has 2 saturated heterocycles. The maximum atomic E-state index is 12.1. The molecule has 0 bridgehead atoms. The highest BCUT2D eigenvalue weighted by atomic mass is 35.5. The third-order valence-electron chi connectivity index (χ3n) is 4.09. The van der Waals surface area contributed by atoms with Crippen LogP contribution in [0, 0.1) is 18.8 Å². The van der Waals surface area contributed by atoms with Gasteiger partial charge in [-0.25, -0.2) is 0 Å². The topological polar surface area (TPSA) is 41.6 Å². The van der Waals surface area contributed by atoms with Gasteiger partial charge in [0.15, 0.2) is 6.61 Å². The molecule has 2 atom stereocenters. The van der Waals surface area contributed by atoms with E-state index in [1.54, 1.807) is 0 Å². The van der Waals surface area contributed by atoms with Gasteiger partial charge in [-0.3, -0.25) is 4.79 Å². The van der Waals surface area contributed by atoms with Gasteiger partial charge in [-0.05, 0) is 36.5 Å². The van der Waals surface area contributed by atoms with Crippen molar-refractivity contribution in [3.05, 3.63) is 29.8 Å². The molecule has 1 amide bonds. The molecule has 2 aliphatic rings. The zero-order chi connectivity index (χ0) is 13.2. The van der Waals surface area contributed by atoms with Crippen LogP contribution in [0.2, 0.25) is 0 Å². The Morgan fingerprint density at radius 1 is 1.35 bits per heavy atom. The first-order valence-electron chi connectivity index (χ1n) is 6.90. The Morgan fingerprint density at radius 2 is 2.05 bits per heavy atom. The first-order valence-corrected chi connectivity index (χ1v) is 6.90. The lowest BCUT2D eigenvalue weighted by molar-refractivity contribution is -0.132. The number of hydrogen-bond donors (Lipinski definition) is 1. The van der Waals surface area contributed by atoms with Crippen LogP contribution >= 0.6 is 12.4 Å². The molecule has 1 aromatic carbocycles. The summed E-state index contributed by atoms with van der Waals surface area (Å²) in [5.74, 6) is 2.16. The maximum Gasteiger partial charge on any atom is 0.260 e. The zero-order valence-electron chi connectivity index (χ0n) is 11.7. The van der Waals surface area contributed by atoms with E-state index in [1.165, 1.54) is 0 Å². The molecule has 4 nitrogen and oxygen atoms in total. The number of nitrogens with one attached hydrogen (secondary N) is 1. The number of nitrogens with zero attached hydrogens (tertiary/aromatic N) is 1. The minimum absolute atomic E-state index is 0. The van der Waals surface area contributed by atoms with Crippen LogP contribution in [-0.2, 0) is 4.79 Å². The van der Waals surface area contributed by atoms with E-state index in [9.17, 15) is 4.79 Å². The number of ether oxygens (including phenoxy) is 1. The molecule has 20 heavy (non-hydrogen) atoms. The van der Waals surface area contributed by atoms with E-state index >= 15 is 0 Å². The Bertz CT molecular complexity index is 469. The molecule has 0 radical (unpaired) electrons. The van der Waals surface area contributed by atoms with Crippen molar-refractivity contribution in [2.45, 2.75) is 6.92 Å². The second-order valence-corrected chi connectivity index (χ2v) is 5.58. The minimum atomic E-state index is 0. The van der Waals surface area contributed by atoms with Crippen LogP contribution < -0.4 is 10.1 Å². The Balaban J connectivity index is 0.00000147. The average Bonchev–Trinajstić information content (AvgIpc) is 2.96. The second kappa shape index (κ2) is 6.46. The molecule has 2 fully saturated rings. The van der Waals surface area contributed by atoms with Gasteiger partial charge in [0.2, 0.25) is 0 Å². The van der Waals surface area contributed by atoms with E-state index in [2.05, 4.69) is 5.32 Å². The highest BCUT2D eigenvalue weighted by molar-refractivity contribution is 5.85. The number of amides is 1. The molecule has 1 N–H and O–H groups in total. The van der Waals surface area contributed by atoms with Crippen molar-refractivity contribution >= 4 is 18.3 Å².